The van der Waals surface area contributed by atoms with Crippen LogP contribution in [-0.2, 0) is 0 Å². The molecule has 1 aromatic carbocycles. The summed E-state index contributed by atoms with van der Waals surface area (Å²) in [5.74, 6) is 0.211. The van der Waals surface area contributed by atoms with Crippen molar-refractivity contribution in [1.29, 1.82) is 5.26 Å². The average molecular weight is 214 g/mol. The first kappa shape index (κ1) is 10.4. The van der Waals surface area contributed by atoms with Crippen LogP contribution in [0.2, 0.25) is 0 Å². The molecule has 4 heteroatoms. The lowest BCUT2D eigenvalue weighted by Gasteiger charge is -2.15. The molecule has 1 aliphatic heterocycles. The Hall–Kier alpha value is -2.15. The molecule has 1 heterocycles. The number of methoxy groups -OCH3 is 1. The summed E-state index contributed by atoms with van der Waals surface area (Å²) in [6, 6.07) is 7.11. The minimum Gasteiger partial charge on any atom is -0.497 e. The van der Waals surface area contributed by atoms with Crippen LogP contribution in [-0.4, -0.2) is 19.1 Å². The summed E-state index contributed by atoms with van der Waals surface area (Å²) in [6.07, 6.45) is 1.71. The molecule has 0 spiro atoms. The van der Waals surface area contributed by atoms with E-state index in [0.29, 0.717) is 17.0 Å². The van der Waals surface area contributed by atoms with Crippen molar-refractivity contribution in [2.45, 2.75) is 6.42 Å². The smallest absolute Gasteiger partial charge is 0.174 e. The fourth-order valence-corrected chi connectivity index (χ4v) is 1.64. The van der Waals surface area contributed by atoms with E-state index in [4.69, 9.17) is 10.00 Å². The van der Waals surface area contributed by atoms with Crippen molar-refractivity contribution in [1.82, 2.24) is 0 Å². The van der Waals surface area contributed by atoms with E-state index in [9.17, 15) is 4.79 Å². The van der Waals surface area contributed by atoms with Crippen LogP contribution in [0, 0.1) is 17.2 Å². The van der Waals surface area contributed by atoms with Gasteiger partial charge >= 0.3 is 0 Å². The molecule has 1 aromatic rings. The van der Waals surface area contributed by atoms with Crippen molar-refractivity contribution in [3.8, 4) is 11.8 Å². The molecule has 0 bridgehead atoms. The van der Waals surface area contributed by atoms with Crippen LogP contribution >= 0.6 is 0 Å². The molecule has 0 aliphatic carbocycles. The molecule has 0 saturated heterocycles. The maximum atomic E-state index is 11.9. The predicted octanol–water partition coefficient (Wildman–Crippen LogP) is 2.12. The second-order valence-electron chi connectivity index (χ2n) is 3.49. The summed E-state index contributed by atoms with van der Waals surface area (Å²) < 4.78 is 5.05. The maximum absolute atomic E-state index is 11.9. The van der Waals surface area contributed by atoms with Crippen LogP contribution in [0.25, 0.3) is 0 Å². The minimum atomic E-state index is -0.411. The van der Waals surface area contributed by atoms with E-state index in [1.807, 2.05) is 6.07 Å². The Balaban J connectivity index is 2.39. The van der Waals surface area contributed by atoms with Crippen molar-refractivity contribution >= 4 is 17.7 Å². The Kier molecular flexibility index (Phi) is 2.69. The molecular formula is C12H10N2O2. The molecule has 1 atom stereocenters. The summed E-state index contributed by atoms with van der Waals surface area (Å²) in [7, 11) is 1.56. The third kappa shape index (κ3) is 1.68. The van der Waals surface area contributed by atoms with Gasteiger partial charge in [0.25, 0.3) is 0 Å². The number of hydrogen-bond acceptors (Lipinski definition) is 4. The molecule has 0 aromatic heterocycles. The number of hydrogen-bond donors (Lipinski definition) is 0. The number of ketones is 1. The van der Waals surface area contributed by atoms with Crippen LogP contribution in [0.3, 0.4) is 0 Å². The number of ether oxygens (including phenoxy) is 1. The Morgan fingerprint density at radius 1 is 1.56 bits per heavy atom. The minimum absolute atomic E-state index is 0.0470. The van der Waals surface area contributed by atoms with E-state index < -0.39 is 5.92 Å². The normalized spacial score (nSPS) is 17.8. The zero-order chi connectivity index (χ0) is 11.5. The molecule has 1 aliphatic rings. The fraction of sp³-hybridized carbons (Fsp3) is 0.250. The SMILES string of the molecule is COc1ccc2c(c1)N=CC(CC#N)C2=O. The number of rotatable bonds is 2. The first-order chi connectivity index (χ1) is 7.76. The Morgan fingerprint density at radius 3 is 3.06 bits per heavy atom. The monoisotopic (exact) mass is 214 g/mol. The molecule has 0 saturated carbocycles. The molecule has 1 unspecified atom stereocenters. The van der Waals surface area contributed by atoms with Crippen LogP contribution in [0.4, 0.5) is 5.69 Å². The summed E-state index contributed by atoms with van der Waals surface area (Å²) in [6.45, 7) is 0. The molecule has 80 valence electrons. The quantitative estimate of drug-likeness (QED) is 0.757. The van der Waals surface area contributed by atoms with Crippen LogP contribution < -0.4 is 4.74 Å². The van der Waals surface area contributed by atoms with Gasteiger partial charge in [0.2, 0.25) is 0 Å². The molecule has 2 rings (SSSR count). The number of carbonyl (C=O) groups is 1. The van der Waals surface area contributed by atoms with Crippen LogP contribution in [0.1, 0.15) is 16.8 Å². The third-order valence-corrected chi connectivity index (χ3v) is 2.51. The number of nitrogens with zero attached hydrogens (tertiary/aromatic N) is 2. The maximum Gasteiger partial charge on any atom is 0.174 e. The summed E-state index contributed by atoms with van der Waals surface area (Å²) in [5.41, 5.74) is 1.17. The second-order valence-corrected chi connectivity index (χ2v) is 3.49. The van der Waals surface area contributed by atoms with Gasteiger partial charge in [-0.25, -0.2) is 0 Å². The van der Waals surface area contributed by atoms with E-state index in [2.05, 4.69) is 4.99 Å². The van der Waals surface area contributed by atoms with Crippen molar-refractivity contribution in [2.24, 2.45) is 10.9 Å². The summed E-state index contributed by atoms with van der Waals surface area (Å²) in [4.78, 5) is 16.1. The number of aliphatic imine (C=N–C) groups is 1. The molecule has 0 amide bonds. The van der Waals surface area contributed by atoms with Crippen molar-refractivity contribution < 1.29 is 9.53 Å². The molecule has 0 N–H and O–H groups in total. The zero-order valence-corrected chi connectivity index (χ0v) is 8.80. The van der Waals surface area contributed by atoms with Crippen LogP contribution in [0.5, 0.6) is 5.75 Å². The van der Waals surface area contributed by atoms with Gasteiger partial charge in [-0.3, -0.25) is 9.79 Å². The number of fused-ring (bicyclic) bond motifs is 1. The number of nitriles is 1. The van der Waals surface area contributed by atoms with Gasteiger partial charge in [-0.05, 0) is 12.1 Å². The van der Waals surface area contributed by atoms with Gasteiger partial charge in [0.1, 0.15) is 5.75 Å². The highest BCUT2D eigenvalue weighted by Crippen LogP contribution is 2.30. The first-order valence-electron chi connectivity index (χ1n) is 4.89. The standard InChI is InChI=1S/C12H10N2O2/c1-16-9-2-3-10-11(6-9)14-7-8(4-5-13)12(10)15/h2-3,6-8H,4H2,1H3. The first-order valence-corrected chi connectivity index (χ1v) is 4.89. The molecule has 0 radical (unpaired) electrons. The van der Waals surface area contributed by atoms with Gasteiger partial charge < -0.3 is 4.74 Å². The molecule has 0 fully saturated rings. The van der Waals surface area contributed by atoms with E-state index >= 15 is 0 Å². The van der Waals surface area contributed by atoms with Crippen molar-refractivity contribution in [3.05, 3.63) is 23.8 Å². The molecule has 16 heavy (non-hydrogen) atoms. The number of Topliss-reactive ketones (excluding diaryl/α,β-unsaturated/α-hetero) is 1. The highest BCUT2D eigenvalue weighted by Gasteiger charge is 2.24. The summed E-state index contributed by atoms with van der Waals surface area (Å²) >= 11 is 0. The topological polar surface area (TPSA) is 62.4 Å². The lowest BCUT2D eigenvalue weighted by atomic mass is 9.92. The highest BCUT2D eigenvalue weighted by molar-refractivity contribution is 6.12. The Bertz CT molecular complexity index is 500. The van der Waals surface area contributed by atoms with E-state index in [0.717, 1.165) is 0 Å². The van der Waals surface area contributed by atoms with Gasteiger partial charge in [0.05, 0.1) is 31.2 Å². The van der Waals surface area contributed by atoms with E-state index in [-0.39, 0.29) is 12.2 Å². The predicted molar refractivity (Wildman–Crippen MR) is 59.2 cm³/mol. The lowest BCUT2D eigenvalue weighted by Crippen LogP contribution is -2.19. The van der Waals surface area contributed by atoms with Gasteiger partial charge in [-0.1, -0.05) is 0 Å². The van der Waals surface area contributed by atoms with Gasteiger partial charge in [0.15, 0.2) is 5.78 Å². The van der Waals surface area contributed by atoms with Gasteiger partial charge in [-0.2, -0.15) is 5.26 Å². The lowest BCUT2D eigenvalue weighted by molar-refractivity contribution is 0.0956. The van der Waals surface area contributed by atoms with Gasteiger partial charge in [-0.15, -0.1) is 0 Å². The van der Waals surface area contributed by atoms with E-state index in [1.165, 1.54) is 6.21 Å². The largest absolute Gasteiger partial charge is 0.497 e. The van der Waals surface area contributed by atoms with Gasteiger partial charge in [0, 0.05) is 17.8 Å². The summed E-state index contributed by atoms with van der Waals surface area (Å²) in [5, 5.41) is 8.58. The average Bonchev–Trinajstić information content (AvgIpc) is 2.32. The number of carbonyl (C=O) groups excluding carboxylic acids is 1. The highest BCUT2D eigenvalue weighted by atomic mass is 16.5. The second kappa shape index (κ2) is 4.15. The van der Waals surface area contributed by atoms with Crippen molar-refractivity contribution in [3.63, 3.8) is 0 Å². The molecular weight excluding hydrogens is 204 g/mol. The van der Waals surface area contributed by atoms with E-state index in [1.54, 1.807) is 25.3 Å². The Labute approximate surface area is 93.2 Å². The number of benzene rings is 1. The van der Waals surface area contributed by atoms with Crippen LogP contribution in [0.15, 0.2) is 23.2 Å². The van der Waals surface area contributed by atoms with Crippen molar-refractivity contribution in [2.75, 3.05) is 7.11 Å². The molecule has 4 nitrogen and oxygen atoms in total. The third-order valence-electron chi connectivity index (χ3n) is 2.51. The zero-order valence-electron chi connectivity index (χ0n) is 8.80. The fourth-order valence-electron chi connectivity index (χ4n) is 1.64. The Morgan fingerprint density at radius 2 is 2.38 bits per heavy atom.